The van der Waals surface area contributed by atoms with Gasteiger partial charge in [-0.2, -0.15) is 0 Å². The Morgan fingerprint density at radius 2 is 1.94 bits per heavy atom. The zero-order valence-electron chi connectivity index (χ0n) is 10.7. The molecule has 1 aliphatic carbocycles. The third-order valence-electron chi connectivity index (χ3n) is 2.90. The average Bonchev–Trinajstić information content (AvgIpc) is 3.12. The van der Waals surface area contributed by atoms with Crippen molar-refractivity contribution in [2.45, 2.75) is 43.0 Å². The smallest absolute Gasteiger partial charge is 0.209 e. The predicted molar refractivity (Wildman–Crippen MR) is 74.3 cm³/mol. The molecule has 94 valence electrons. The van der Waals surface area contributed by atoms with Crippen LogP contribution >= 0.6 is 11.8 Å². The van der Waals surface area contributed by atoms with Crippen molar-refractivity contribution in [3.63, 3.8) is 0 Å². The van der Waals surface area contributed by atoms with Crippen LogP contribution in [0.15, 0.2) is 35.5 Å². The van der Waals surface area contributed by atoms with E-state index in [1.807, 2.05) is 22.9 Å². The highest BCUT2D eigenvalue weighted by Gasteiger charge is 2.30. The van der Waals surface area contributed by atoms with Crippen LogP contribution in [0, 0.1) is 0 Å². The fourth-order valence-electron chi connectivity index (χ4n) is 1.93. The lowest BCUT2D eigenvalue weighted by Crippen LogP contribution is -2.01. The second-order valence-corrected chi connectivity index (χ2v) is 6.48. The molecule has 0 N–H and O–H groups in total. The summed E-state index contributed by atoms with van der Waals surface area (Å²) in [6, 6.07) is 10.3. The van der Waals surface area contributed by atoms with Crippen LogP contribution in [0.3, 0.4) is 0 Å². The maximum absolute atomic E-state index is 4.70. The summed E-state index contributed by atoms with van der Waals surface area (Å²) in [5.41, 5.74) is 1.11. The van der Waals surface area contributed by atoms with Crippen molar-refractivity contribution in [2.24, 2.45) is 0 Å². The van der Waals surface area contributed by atoms with Gasteiger partial charge in [-0.05, 0) is 25.0 Å². The highest BCUT2D eigenvalue weighted by Crippen LogP contribution is 2.40. The van der Waals surface area contributed by atoms with Crippen LogP contribution in [0.1, 0.15) is 38.4 Å². The van der Waals surface area contributed by atoms with Crippen molar-refractivity contribution in [2.75, 3.05) is 0 Å². The average molecular weight is 259 g/mol. The van der Waals surface area contributed by atoms with Gasteiger partial charge < -0.3 is 0 Å². The Labute approximate surface area is 112 Å². The van der Waals surface area contributed by atoms with Crippen molar-refractivity contribution in [1.82, 2.24) is 14.8 Å². The van der Waals surface area contributed by atoms with Gasteiger partial charge in [-0.3, -0.25) is 0 Å². The van der Waals surface area contributed by atoms with Crippen LogP contribution in [-0.2, 0) is 0 Å². The zero-order chi connectivity index (χ0) is 12.5. The first-order valence-electron chi connectivity index (χ1n) is 6.43. The molecule has 0 saturated heterocycles. The van der Waals surface area contributed by atoms with Gasteiger partial charge in [0.1, 0.15) is 5.82 Å². The number of hydrogen-bond donors (Lipinski definition) is 0. The van der Waals surface area contributed by atoms with E-state index in [2.05, 4.69) is 31.1 Å². The first-order valence-corrected chi connectivity index (χ1v) is 7.31. The molecule has 0 radical (unpaired) electrons. The highest BCUT2D eigenvalue weighted by atomic mass is 32.2. The van der Waals surface area contributed by atoms with Crippen molar-refractivity contribution in [1.29, 1.82) is 0 Å². The Hall–Kier alpha value is -1.29. The number of thioether (sulfide) groups is 1. The topological polar surface area (TPSA) is 30.7 Å². The van der Waals surface area contributed by atoms with E-state index in [1.54, 1.807) is 11.8 Å². The Morgan fingerprint density at radius 1 is 1.22 bits per heavy atom. The Kier molecular flexibility index (Phi) is 3.12. The SMILES string of the molecule is CC(C)Sc1nc(C2CC2)n(-c2ccccc2)n1. The van der Waals surface area contributed by atoms with Crippen LogP contribution in [0.25, 0.3) is 5.69 Å². The van der Waals surface area contributed by atoms with Gasteiger partial charge in [0.2, 0.25) is 5.16 Å². The van der Waals surface area contributed by atoms with Crippen LogP contribution in [0.2, 0.25) is 0 Å². The van der Waals surface area contributed by atoms with E-state index >= 15 is 0 Å². The molecule has 0 spiro atoms. The molecule has 1 aromatic heterocycles. The van der Waals surface area contributed by atoms with E-state index < -0.39 is 0 Å². The van der Waals surface area contributed by atoms with E-state index in [-0.39, 0.29) is 0 Å². The fraction of sp³-hybridized carbons (Fsp3) is 0.429. The van der Waals surface area contributed by atoms with Crippen LogP contribution in [-0.4, -0.2) is 20.0 Å². The molecule has 1 aromatic carbocycles. The van der Waals surface area contributed by atoms with E-state index in [0.29, 0.717) is 11.2 Å². The molecule has 3 rings (SSSR count). The quantitative estimate of drug-likeness (QED) is 0.785. The lowest BCUT2D eigenvalue weighted by molar-refractivity contribution is 0.782. The summed E-state index contributed by atoms with van der Waals surface area (Å²) in [5.74, 6) is 1.74. The summed E-state index contributed by atoms with van der Waals surface area (Å²) < 4.78 is 2.02. The minimum Gasteiger partial charge on any atom is -0.216 e. The molecule has 1 aliphatic rings. The minimum absolute atomic E-state index is 0.517. The highest BCUT2D eigenvalue weighted by molar-refractivity contribution is 7.99. The number of nitrogens with zero attached hydrogens (tertiary/aromatic N) is 3. The van der Waals surface area contributed by atoms with Gasteiger partial charge in [0, 0.05) is 11.2 Å². The standard InChI is InChI=1S/C14H17N3S/c1-10(2)18-14-15-13(11-8-9-11)17(16-14)12-6-4-3-5-7-12/h3-7,10-11H,8-9H2,1-2H3. The van der Waals surface area contributed by atoms with Gasteiger partial charge in [-0.15, -0.1) is 5.10 Å². The number of benzene rings is 1. The van der Waals surface area contributed by atoms with E-state index in [1.165, 1.54) is 12.8 Å². The lowest BCUT2D eigenvalue weighted by Gasteiger charge is -2.03. The molecule has 1 fully saturated rings. The fourth-order valence-corrected chi connectivity index (χ4v) is 2.63. The zero-order valence-corrected chi connectivity index (χ0v) is 11.5. The van der Waals surface area contributed by atoms with Crippen molar-refractivity contribution in [3.05, 3.63) is 36.2 Å². The molecule has 2 aromatic rings. The summed E-state index contributed by atoms with van der Waals surface area (Å²) in [7, 11) is 0. The molecular weight excluding hydrogens is 242 g/mol. The summed E-state index contributed by atoms with van der Waals surface area (Å²) >= 11 is 1.73. The first kappa shape index (κ1) is 11.8. The van der Waals surface area contributed by atoms with Crippen molar-refractivity contribution < 1.29 is 0 Å². The van der Waals surface area contributed by atoms with Crippen molar-refractivity contribution >= 4 is 11.8 Å². The van der Waals surface area contributed by atoms with Crippen LogP contribution in [0.4, 0.5) is 0 Å². The number of rotatable bonds is 4. The lowest BCUT2D eigenvalue weighted by atomic mass is 10.3. The maximum atomic E-state index is 4.70. The van der Waals surface area contributed by atoms with Gasteiger partial charge in [-0.1, -0.05) is 43.8 Å². The number of para-hydroxylation sites is 1. The van der Waals surface area contributed by atoms with E-state index in [4.69, 9.17) is 4.98 Å². The molecule has 18 heavy (non-hydrogen) atoms. The summed E-state index contributed by atoms with van der Waals surface area (Å²) in [6.45, 7) is 4.34. The molecule has 0 amide bonds. The van der Waals surface area contributed by atoms with Gasteiger partial charge in [0.05, 0.1) is 5.69 Å². The monoisotopic (exact) mass is 259 g/mol. The predicted octanol–water partition coefficient (Wildman–Crippen LogP) is 3.65. The summed E-state index contributed by atoms with van der Waals surface area (Å²) in [6.07, 6.45) is 2.49. The van der Waals surface area contributed by atoms with E-state index in [0.717, 1.165) is 16.7 Å². The largest absolute Gasteiger partial charge is 0.216 e. The van der Waals surface area contributed by atoms with Gasteiger partial charge >= 0.3 is 0 Å². The Morgan fingerprint density at radius 3 is 2.56 bits per heavy atom. The summed E-state index contributed by atoms with van der Waals surface area (Å²) in [4.78, 5) is 4.70. The molecule has 0 aliphatic heterocycles. The second kappa shape index (κ2) is 4.76. The number of aromatic nitrogens is 3. The van der Waals surface area contributed by atoms with Gasteiger partial charge in [-0.25, -0.2) is 9.67 Å². The molecule has 1 heterocycles. The molecule has 4 heteroatoms. The molecule has 1 saturated carbocycles. The molecule has 0 bridgehead atoms. The second-order valence-electron chi connectivity index (χ2n) is 4.94. The first-order chi connectivity index (χ1) is 8.74. The molecule has 3 nitrogen and oxygen atoms in total. The van der Waals surface area contributed by atoms with Crippen LogP contribution < -0.4 is 0 Å². The van der Waals surface area contributed by atoms with Crippen LogP contribution in [0.5, 0.6) is 0 Å². The summed E-state index contributed by atoms with van der Waals surface area (Å²) in [5, 5.41) is 6.07. The third-order valence-corrected chi connectivity index (χ3v) is 3.75. The minimum atomic E-state index is 0.517. The molecule has 0 atom stereocenters. The van der Waals surface area contributed by atoms with Gasteiger partial charge in [0.15, 0.2) is 0 Å². The Bertz CT molecular complexity index is 529. The van der Waals surface area contributed by atoms with Gasteiger partial charge in [0.25, 0.3) is 0 Å². The normalized spacial score (nSPS) is 15.3. The Balaban J connectivity index is 1.99. The van der Waals surface area contributed by atoms with Crippen molar-refractivity contribution in [3.8, 4) is 5.69 Å². The maximum Gasteiger partial charge on any atom is 0.209 e. The molecular formula is C14H17N3S. The molecule has 0 unspecified atom stereocenters. The number of hydrogen-bond acceptors (Lipinski definition) is 3. The van der Waals surface area contributed by atoms with E-state index in [9.17, 15) is 0 Å². The third kappa shape index (κ3) is 2.43.